The minimum Gasteiger partial charge on any atom is -0.478 e. The SMILES string of the molecule is O=C(Cc1cccc(C(=O)O)c1)Nc1ccc(NC(=O)NCC2CCCO2)cc1. The highest BCUT2D eigenvalue weighted by Gasteiger charge is 2.16. The minimum absolute atomic E-state index is 0.0623. The number of benzene rings is 2. The Bertz CT molecular complexity index is 876. The Morgan fingerprint density at radius 1 is 1.03 bits per heavy atom. The molecule has 1 aliphatic heterocycles. The van der Waals surface area contributed by atoms with Gasteiger partial charge in [0.15, 0.2) is 0 Å². The van der Waals surface area contributed by atoms with Crippen LogP contribution < -0.4 is 16.0 Å². The van der Waals surface area contributed by atoms with Gasteiger partial charge in [0.05, 0.1) is 18.1 Å². The van der Waals surface area contributed by atoms with Gasteiger partial charge in [-0.1, -0.05) is 12.1 Å². The first-order chi connectivity index (χ1) is 14.0. The van der Waals surface area contributed by atoms with Gasteiger partial charge < -0.3 is 25.8 Å². The molecule has 3 rings (SSSR count). The van der Waals surface area contributed by atoms with E-state index in [1.165, 1.54) is 12.1 Å². The van der Waals surface area contributed by atoms with Gasteiger partial charge in [-0.05, 0) is 54.8 Å². The Kier molecular flexibility index (Phi) is 6.80. The number of ether oxygens (including phenoxy) is 1. The lowest BCUT2D eigenvalue weighted by atomic mass is 10.1. The number of carbonyl (C=O) groups excluding carboxylic acids is 2. The molecule has 8 nitrogen and oxygen atoms in total. The average molecular weight is 397 g/mol. The van der Waals surface area contributed by atoms with Gasteiger partial charge in [0.2, 0.25) is 5.91 Å². The van der Waals surface area contributed by atoms with Gasteiger partial charge in [-0.25, -0.2) is 9.59 Å². The van der Waals surface area contributed by atoms with Crippen LogP contribution in [0, 0.1) is 0 Å². The number of nitrogens with one attached hydrogen (secondary N) is 3. The van der Waals surface area contributed by atoms with Crippen molar-refractivity contribution in [3.63, 3.8) is 0 Å². The second-order valence-corrected chi connectivity index (χ2v) is 6.78. The van der Waals surface area contributed by atoms with Crippen LogP contribution in [0.4, 0.5) is 16.2 Å². The van der Waals surface area contributed by atoms with E-state index in [0.29, 0.717) is 23.5 Å². The molecule has 2 aromatic rings. The number of carbonyl (C=O) groups is 3. The molecular weight excluding hydrogens is 374 g/mol. The lowest BCUT2D eigenvalue weighted by Crippen LogP contribution is -2.35. The topological polar surface area (TPSA) is 117 Å². The smallest absolute Gasteiger partial charge is 0.335 e. The first kappa shape index (κ1) is 20.3. The maximum absolute atomic E-state index is 12.2. The molecule has 0 aliphatic carbocycles. The van der Waals surface area contributed by atoms with E-state index in [1.54, 1.807) is 36.4 Å². The fraction of sp³-hybridized carbons (Fsp3) is 0.286. The van der Waals surface area contributed by atoms with Crippen LogP contribution in [0.15, 0.2) is 48.5 Å². The van der Waals surface area contributed by atoms with E-state index in [1.807, 2.05) is 0 Å². The molecule has 8 heteroatoms. The highest BCUT2D eigenvalue weighted by Crippen LogP contribution is 2.15. The summed E-state index contributed by atoms with van der Waals surface area (Å²) in [5.41, 5.74) is 1.93. The first-order valence-electron chi connectivity index (χ1n) is 9.38. The van der Waals surface area contributed by atoms with Gasteiger partial charge in [-0.3, -0.25) is 4.79 Å². The second-order valence-electron chi connectivity index (χ2n) is 6.78. The van der Waals surface area contributed by atoms with Gasteiger partial charge in [0.1, 0.15) is 0 Å². The van der Waals surface area contributed by atoms with E-state index in [-0.39, 0.29) is 30.0 Å². The largest absolute Gasteiger partial charge is 0.478 e. The monoisotopic (exact) mass is 397 g/mol. The molecule has 0 radical (unpaired) electrons. The zero-order valence-corrected chi connectivity index (χ0v) is 15.8. The number of aromatic carboxylic acids is 1. The van der Waals surface area contributed by atoms with E-state index in [9.17, 15) is 14.4 Å². The minimum atomic E-state index is -1.03. The summed E-state index contributed by atoms with van der Waals surface area (Å²) in [6, 6.07) is 12.7. The Hall–Kier alpha value is -3.39. The lowest BCUT2D eigenvalue weighted by Gasteiger charge is -2.12. The summed E-state index contributed by atoms with van der Waals surface area (Å²) < 4.78 is 5.46. The molecule has 3 amide bonds. The third-order valence-electron chi connectivity index (χ3n) is 4.48. The first-order valence-corrected chi connectivity index (χ1v) is 9.38. The summed E-state index contributed by atoms with van der Waals surface area (Å²) in [5.74, 6) is -1.29. The molecule has 1 atom stereocenters. The summed E-state index contributed by atoms with van der Waals surface area (Å²) in [7, 11) is 0. The number of anilines is 2. The molecule has 0 spiro atoms. The summed E-state index contributed by atoms with van der Waals surface area (Å²) in [6.07, 6.45) is 2.11. The molecule has 1 saturated heterocycles. The quantitative estimate of drug-likeness (QED) is 0.573. The van der Waals surface area contributed by atoms with Crippen LogP contribution in [0.3, 0.4) is 0 Å². The molecule has 1 fully saturated rings. The van der Waals surface area contributed by atoms with Crippen molar-refractivity contribution in [2.45, 2.75) is 25.4 Å². The molecule has 152 valence electrons. The zero-order chi connectivity index (χ0) is 20.6. The van der Waals surface area contributed by atoms with Crippen LogP contribution in [0.5, 0.6) is 0 Å². The van der Waals surface area contributed by atoms with Gasteiger partial charge in [-0.2, -0.15) is 0 Å². The predicted molar refractivity (Wildman–Crippen MR) is 108 cm³/mol. The molecular formula is C21H23N3O5. The van der Waals surface area contributed by atoms with Crippen LogP contribution in [0.25, 0.3) is 0 Å². The average Bonchev–Trinajstić information content (AvgIpc) is 3.22. The fourth-order valence-corrected chi connectivity index (χ4v) is 3.03. The van der Waals surface area contributed by atoms with Crippen molar-refractivity contribution in [2.75, 3.05) is 23.8 Å². The molecule has 1 unspecified atom stereocenters. The van der Waals surface area contributed by atoms with Crippen molar-refractivity contribution in [2.24, 2.45) is 0 Å². The molecule has 0 bridgehead atoms. The van der Waals surface area contributed by atoms with Crippen molar-refractivity contribution in [3.8, 4) is 0 Å². The highest BCUT2D eigenvalue weighted by molar-refractivity contribution is 5.94. The maximum atomic E-state index is 12.2. The van der Waals surface area contributed by atoms with Gasteiger partial charge >= 0.3 is 12.0 Å². The third kappa shape index (κ3) is 6.32. The Balaban J connectivity index is 1.46. The predicted octanol–water partition coefficient (Wildman–Crippen LogP) is 2.87. The molecule has 29 heavy (non-hydrogen) atoms. The number of carboxylic acid groups (broad SMARTS) is 1. The van der Waals surface area contributed by atoms with Gasteiger partial charge in [0.25, 0.3) is 0 Å². The van der Waals surface area contributed by atoms with E-state index >= 15 is 0 Å². The van der Waals surface area contributed by atoms with E-state index in [4.69, 9.17) is 9.84 Å². The van der Waals surface area contributed by atoms with Crippen LogP contribution in [0.2, 0.25) is 0 Å². The van der Waals surface area contributed by atoms with Crippen LogP contribution in [-0.2, 0) is 16.0 Å². The van der Waals surface area contributed by atoms with Gasteiger partial charge in [-0.15, -0.1) is 0 Å². The van der Waals surface area contributed by atoms with Crippen molar-refractivity contribution in [3.05, 3.63) is 59.7 Å². The molecule has 0 saturated carbocycles. The third-order valence-corrected chi connectivity index (χ3v) is 4.48. The fourth-order valence-electron chi connectivity index (χ4n) is 3.03. The number of hydrogen-bond acceptors (Lipinski definition) is 4. The molecule has 2 aromatic carbocycles. The van der Waals surface area contributed by atoms with E-state index in [0.717, 1.165) is 19.4 Å². The van der Waals surface area contributed by atoms with Gasteiger partial charge in [0, 0.05) is 24.5 Å². The van der Waals surface area contributed by atoms with Crippen molar-refractivity contribution in [1.82, 2.24) is 5.32 Å². The Morgan fingerprint density at radius 2 is 1.76 bits per heavy atom. The number of carboxylic acids is 1. The zero-order valence-electron chi connectivity index (χ0n) is 15.8. The summed E-state index contributed by atoms with van der Waals surface area (Å²) in [4.78, 5) is 35.1. The van der Waals surface area contributed by atoms with Crippen molar-refractivity contribution < 1.29 is 24.2 Å². The summed E-state index contributed by atoms with van der Waals surface area (Å²) >= 11 is 0. The van der Waals surface area contributed by atoms with Crippen LogP contribution in [-0.4, -0.2) is 42.3 Å². The van der Waals surface area contributed by atoms with E-state index in [2.05, 4.69) is 16.0 Å². The number of amides is 3. The van der Waals surface area contributed by atoms with E-state index < -0.39 is 5.97 Å². The Morgan fingerprint density at radius 3 is 2.41 bits per heavy atom. The molecule has 4 N–H and O–H groups in total. The highest BCUT2D eigenvalue weighted by atomic mass is 16.5. The Labute approximate surface area is 168 Å². The standard InChI is InChI=1S/C21H23N3O5/c25-19(12-14-3-1-4-15(11-14)20(26)27)23-16-6-8-17(9-7-16)24-21(28)22-13-18-5-2-10-29-18/h1,3-4,6-9,11,18H,2,5,10,12-13H2,(H,23,25)(H,26,27)(H2,22,24,28). The molecule has 0 aromatic heterocycles. The molecule has 1 heterocycles. The van der Waals surface area contributed by atoms with Crippen molar-refractivity contribution >= 4 is 29.3 Å². The summed E-state index contributed by atoms with van der Waals surface area (Å²) in [6.45, 7) is 1.22. The van der Waals surface area contributed by atoms with Crippen LogP contribution in [0.1, 0.15) is 28.8 Å². The number of hydrogen-bond donors (Lipinski definition) is 4. The second kappa shape index (κ2) is 9.70. The maximum Gasteiger partial charge on any atom is 0.335 e. The number of urea groups is 1. The normalized spacial score (nSPS) is 15.5. The number of rotatable bonds is 7. The summed E-state index contributed by atoms with van der Waals surface area (Å²) in [5, 5.41) is 17.3. The van der Waals surface area contributed by atoms with Crippen molar-refractivity contribution in [1.29, 1.82) is 0 Å². The molecule has 1 aliphatic rings. The van der Waals surface area contributed by atoms with Crippen LogP contribution >= 0.6 is 0 Å². The lowest BCUT2D eigenvalue weighted by molar-refractivity contribution is -0.115.